The maximum Gasteiger partial charge on any atom is 0.340 e. The molecule has 0 saturated heterocycles. The number of ketones is 2. The van der Waals surface area contributed by atoms with Crippen molar-refractivity contribution in [1.29, 1.82) is 0 Å². The quantitative estimate of drug-likeness (QED) is 0.0369. The number of aryl methyl sites for hydroxylation is 3. The van der Waals surface area contributed by atoms with E-state index in [1.807, 2.05) is 69.3 Å². The topological polar surface area (TPSA) is 85.3 Å². The summed E-state index contributed by atoms with van der Waals surface area (Å²) < 4.78 is 57.3. The standard InChI is InChI=1S/C47H48F4N2O5/c1-7-9-12-31(8-2)25-53-40-20-17-33(44(55)42(52-58-30(6)54)32-15-18-34(19-16-32)57-26-47(50,51)46(48)49)23-37(40)38-24-39(35-13-10-11-14-36(35)43(38)53)45(56)41-28(4)21-27(3)22-29(41)5/h10-11,13-24,31,37,40,46H,7-9,12,25-26H2,1-6H3/b52-42+. The predicted octanol–water partition coefficient (Wildman–Crippen LogP) is 10.8. The van der Waals surface area contributed by atoms with Crippen molar-refractivity contribution in [2.45, 2.75) is 91.5 Å². The number of nitrogens with zero attached hydrogens (tertiary/aromatic N) is 2. The molecule has 6 rings (SSSR count). The first kappa shape index (κ1) is 42.0. The van der Waals surface area contributed by atoms with Gasteiger partial charge >= 0.3 is 18.3 Å². The van der Waals surface area contributed by atoms with E-state index in [1.54, 1.807) is 6.08 Å². The molecule has 7 nitrogen and oxygen atoms in total. The van der Waals surface area contributed by atoms with E-state index in [2.05, 4.69) is 30.0 Å². The molecular formula is C47H48F4N2O5. The maximum absolute atomic E-state index is 14.7. The summed E-state index contributed by atoms with van der Waals surface area (Å²) in [6, 6.07) is 19.0. The van der Waals surface area contributed by atoms with Crippen LogP contribution < -0.4 is 9.64 Å². The smallest absolute Gasteiger partial charge is 0.340 e. The first-order valence-corrected chi connectivity index (χ1v) is 19.7. The van der Waals surface area contributed by atoms with Crippen LogP contribution >= 0.6 is 0 Å². The highest BCUT2D eigenvalue weighted by atomic mass is 19.3. The fourth-order valence-corrected chi connectivity index (χ4v) is 8.19. The van der Waals surface area contributed by atoms with Gasteiger partial charge in [-0.25, -0.2) is 13.6 Å². The van der Waals surface area contributed by atoms with Gasteiger partial charge in [-0.15, -0.1) is 0 Å². The summed E-state index contributed by atoms with van der Waals surface area (Å²) in [5, 5.41) is 5.69. The van der Waals surface area contributed by atoms with Gasteiger partial charge in [-0.2, -0.15) is 8.78 Å². The van der Waals surface area contributed by atoms with Gasteiger partial charge < -0.3 is 14.5 Å². The average molecular weight is 797 g/mol. The van der Waals surface area contributed by atoms with Crippen LogP contribution in [-0.2, 0) is 14.4 Å². The van der Waals surface area contributed by atoms with Crippen molar-refractivity contribution in [1.82, 2.24) is 0 Å². The second-order valence-electron chi connectivity index (χ2n) is 15.3. The molecule has 304 valence electrons. The van der Waals surface area contributed by atoms with E-state index >= 15 is 0 Å². The van der Waals surface area contributed by atoms with Crippen LogP contribution in [0.15, 0.2) is 95.7 Å². The van der Waals surface area contributed by atoms with Crippen LogP contribution in [-0.4, -0.2) is 54.8 Å². The van der Waals surface area contributed by atoms with Crippen molar-refractivity contribution < 1.29 is 41.5 Å². The van der Waals surface area contributed by atoms with E-state index in [0.717, 1.165) is 77.9 Å². The lowest BCUT2D eigenvalue weighted by Gasteiger charge is -2.33. The number of allylic oxidation sites excluding steroid dienone is 2. The zero-order chi connectivity index (χ0) is 41.9. The molecule has 0 saturated carbocycles. The van der Waals surface area contributed by atoms with E-state index in [-0.39, 0.29) is 40.3 Å². The average Bonchev–Trinajstić information content (AvgIpc) is 3.50. The number of Topliss-reactive ketones (excluding diaryl/α,β-unsaturated/α-hetero) is 1. The van der Waals surface area contributed by atoms with Crippen LogP contribution in [0.4, 0.5) is 23.2 Å². The third kappa shape index (κ3) is 8.63. The molecule has 11 heteroatoms. The molecule has 1 heterocycles. The number of ether oxygens (including phenoxy) is 1. The molecule has 0 N–H and O–H groups in total. The summed E-state index contributed by atoms with van der Waals surface area (Å²) in [5.41, 5.74) is 6.23. The van der Waals surface area contributed by atoms with Crippen LogP contribution in [0.25, 0.3) is 10.8 Å². The predicted molar refractivity (Wildman–Crippen MR) is 219 cm³/mol. The van der Waals surface area contributed by atoms with Crippen molar-refractivity contribution in [3.8, 4) is 5.75 Å². The van der Waals surface area contributed by atoms with Gasteiger partial charge in [-0.1, -0.05) is 98.5 Å². The highest BCUT2D eigenvalue weighted by Gasteiger charge is 2.43. The van der Waals surface area contributed by atoms with Gasteiger partial charge in [0, 0.05) is 52.7 Å². The molecule has 0 aromatic heterocycles. The molecule has 0 radical (unpaired) electrons. The monoisotopic (exact) mass is 796 g/mol. The Labute approximate surface area is 336 Å². The van der Waals surface area contributed by atoms with Gasteiger partial charge in [0.2, 0.25) is 5.78 Å². The summed E-state index contributed by atoms with van der Waals surface area (Å²) in [5.74, 6) is -5.86. The van der Waals surface area contributed by atoms with Gasteiger partial charge in [-0.05, 0) is 85.5 Å². The highest BCUT2D eigenvalue weighted by Crippen LogP contribution is 2.50. The summed E-state index contributed by atoms with van der Waals surface area (Å²) in [7, 11) is 0. The van der Waals surface area contributed by atoms with E-state index in [9.17, 15) is 31.9 Å². The lowest BCUT2D eigenvalue weighted by Crippen LogP contribution is -2.37. The number of alkyl halides is 4. The van der Waals surface area contributed by atoms with E-state index in [4.69, 9.17) is 9.57 Å². The molecule has 1 aliphatic carbocycles. The van der Waals surface area contributed by atoms with Crippen LogP contribution in [0.5, 0.6) is 5.75 Å². The van der Waals surface area contributed by atoms with Gasteiger partial charge in [0.1, 0.15) is 5.75 Å². The normalized spacial score (nSPS) is 16.9. The molecule has 58 heavy (non-hydrogen) atoms. The van der Waals surface area contributed by atoms with Crippen molar-refractivity contribution in [3.05, 3.63) is 129 Å². The number of unbranched alkanes of at least 4 members (excludes halogenated alkanes) is 1. The summed E-state index contributed by atoms with van der Waals surface area (Å²) in [6.07, 6.45) is 5.94. The Morgan fingerprint density at radius 1 is 0.931 bits per heavy atom. The Morgan fingerprint density at radius 3 is 2.22 bits per heavy atom. The third-order valence-corrected chi connectivity index (χ3v) is 11.0. The molecule has 0 bridgehead atoms. The zero-order valence-corrected chi connectivity index (χ0v) is 33.6. The third-order valence-electron chi connectivity index (χ3n) is 11.0. The van der Waals surface area contributed by atoms with E-state index < -0.39 is 30.7 Å². The number of carbonyl (C=O) groups is 3. The Kier molecular flexibility index (Phi) is 12.7. The van der Waals surface area contributed by atoms with Gasteiger partial charge in [-0.3, -0.25) is 9.59 Å². The van der Waals surface area contributed by atoms with E-state index in [1.165, 1.54) is 24.3 Å². The second kappa shape index (κ2) is 17.5. The van der Waals surface area contributed by atoms with Crippen molar-refractivity contribution in [3.63, 3.8) is 0 Å². The fraction of sp³-hybridized carbons (Fsp3) is 0.362. The first-order chi connectivity index (χ1) is 27.6. The number of anilines is 1. The summed E-state index contributed by atoms with van der Waals surface area (Å²) >= 11 is 0. The summed E-state index contributed by atoms with van der Waals surface area (Å²) in [4.78, 5) is 48.3. The molecule has 1 aliphatic heterocycles. The second-order valence-corrected chi connectivity index (χ2v) is 15.3. The number of carbonyl (C=O) groups excluding carboxylic acids is 3. The number of fused-ring (bicyclic) bond motifs is 5. The molecule has 0 fully saturated rings. The SMILES string of the molecule is CCCCC(CC)CN1c2c(cc(C(=O)c3c(C)cc(C)cc3C)c3ccccc23)C2C=C(C(=O)/C(=N/OC(C)=O)c3ccc(OCC(F)(F)C(F)F)cc3)C=CC21. The molecule has 4 aromatic rings. The lowest BCUT2D eigenvalue weighted by atomic mass is 9.83. The van der Waals surface area contributed by atoms with Crippen LogP contribution in [0.2, 0.25) is 0 Å². The van der Waals surface area contributed by atoms with Crippen molar-refractivity contribution >= 4 is 39.7 Å². The Morgan fingerprint density at radius 2 is 1.60 bits per heavy atom. The number of rotatable bonds is 16. The molecule has 3 unspecified atom stereocenters. The molecule has 0 amide bonds. The van der Waals surface area contributed by atoms with Gasteiger partial charge in [0.25, 0.3) is 0 Å². The van der Waals surface area contributed by atoms with Gasteiger partial charge in [0.15, 0.2) is 18.1 Å². The Bertz CT molecular complexity index is 2290. The van der Waals surface area contributed by atoms with Crippen LogP contribution in [0.3, 0.4) is 0 Å². The van der Waals surface area contributed by atoms with Crippen molar-refractivity contribution in [2.24, 2.45) is 11.1 Å². The largest absolute Gasteiger partial charge is 0.487 e. The van der Waals surface area contributed by atoms with Crippen LogP contribution in [0, 0.1) is 26.7 Å². The number of oxime groups is 1. The molecule has 4 aromatic carbocycles. The summed E-state index contributed by atoms with van der Waals surface area (Å²) in [6.45, 7) is 10.7. The Hall–Kier alpha value is -5.58. The number of hydrogen-bond acceptors (Lipinski definition) is 7. The maximum atomic E-state index is 14.7. The number of hydrogen-bond donors (Lipinski definition) is 0. The minimum atomic E-state index is -4.35. The zero-order valence-electron chi connectivity index (χ0n) is 33.6. The minimum Gasteiger partial charge on any atom is -0.487 e. The van der Waals surface area contributed by atoms with Crippen LogP contribution in [0.1, 0.15) is 96.1 Å². The fourth-order valence-electron chi connectivity index (χ4n) is 8.19. The molecule has 3 atom stereocenters. The number of halogens is 4. The lowest BCUT2D eigenvalue weighted by molar-refractivity contribution is -0.148. The molecule has 0 spiro atoms. The first-order valence-electron chi connectivity index (χ1n) is 19.7. The minimum absolute atomic E-state index is 0.0776. The van der Waals surface area contributed by atoms with Gasteiger partial charge in [0.05, 0.1) is 6.04 Å². The van der Waals surface area contributed by atoms with E-state index in [0.29, 0.717) is 17.0 Å². The molecule has 2 aliphatic rings. The Balaban J connectivity index is 1.44. The number of benzene rings is 4. The highest BCUT2D eigenvalue weighted by molar-refractivity contribution is 6.51. The molecular weight excluding hydrogens is 749 g/mol. The van der Waals surface area contributed by atoms with Crippen molar-refractivity contribution in [2.75, 3.05) is 18.1 Å².